The zero-order chi connectivity index (χ0) is 15.0. The van der Waals surface area contributed by atoms with Gasteiger partial charge in [-0.05, 0) is 24.7 Å². The molecular weight excluding hydrogens is 276 g/mol. The first-order valence-corrected chi connectivity index (χ1v) is 7.81. The van der Waals surface area contributed by atoms with Crippen LogP contribution in [0.4, 0.5) is 11.4 Å². The first-order valence-electron chi connectivity index (χ1n) is 6.66. The van der Waals surface area contributed by atoms with E-state index in [0.717, 1.165) is 36.6 Å². The van der Waals surface area contributed by atoms with Gasteiger partial charge in [0.2, 0.25) is 0 Å². The Hall–Kier alpha value is -1.31. The van der Waals surface area contributed by atoms with E-state index in [1.165, 1.54) is 6.07 Å². The maximum Gasteiger partial charge on any atom is 0.269 e. The van der Waals surface area contributed by atoms with Crippen LogP contribution in [0.3, 0.4) is 0 Å². The molecule has 1 aromatic rings. The maximum absolute atomic E-state index is 10.8. The average Bonchev–Trinajstić information content (AvgIpc) is 2.47. The number of nitrogens with two attached hydrogens (primary N) is 1. The number of non-ortho nitro benzene ring substituents is 1. The van der Waals surface area contributed by atoms with Crippen molar-refractivity contribution in [1.29, 1.82) is 0 Å². The van der Waals surface area contributed by atoms with E-state index >= 15 is 0 Å². The number of anilines is 1. The van der Waals surface area contributed by atoms with E-state index in [4.69, 9.17) is 5.84 Å². The van der Waals surface area contributed by atoms with Crippen LogP contribution in [0.25, 0.3) is 0 Å². The number of hydrogen-bond acceptors (Lipinski definition) is 6. The number of thioether (sulfide) groups is 1. The second-order valence-corrected chi connectivity index (χ2v) is 5.43. The monoisotopic (exact) mass is 298 g/mol. The number of nitrogens with zero attached hydrogens (tertiary/aromatic N) is 2. The number of nitrogens with one attached hydrogen (secondary N) is 1. The highest BCUT2D eigenvalue weighted by Crippen LogP contribution is 2.25. The molecule has 0 saturated carbocycles. The van der Waals surface area contributed by atoms with Gasteiger partial charge in [-0.25, -0.2) is 0 Å². The van der Waals surface area contributed by atoms with Gasteiger partial charge in [0, 0.05) is 30.2 Å². The van der Waals surface area contributed by atoms with Crippen molar-refractivity contribution in [3.63, 3.8) is 0 Å². The highest BCUT2D eigenvalue weighted by atomic mass is 32.2. The van der Waals surface area contributed by atoms with Gasteiger partial charge in [-0.1, -0.05) is 13.8 Å². The number of nitrogen functional groups attached to an aromatic ring is 1. The molecule has 0 aliphatic heterocycles. The Bertz CT molecular complexity index is 438. The van der Waals surface area contributed by atoms with Gasteiger partial charge < -0.3 is 10.3 Å². The van der Waals surface area contributed by atoms with Crippen LogP contribution in [-0.4, -0.2) is 35.2 Å². The molecule has 3 N–H and O–H groups in total. The van der Waals surface area contributed by atoms with Gasteiger partial charge in [-0.3, -0.25) is 16.0 Å². The smallest absolute Gasteiger partial charge is 0.269 e. The Morgan fingerprint density at radius 1 is 1.40 bits per heavy atom. The number of rotatable bonds is 9. The third kappa shape index (κ3) is 4.99. The van der Waals surface area contributed by atoms with E-state index in [1.807, 2.05) is 0 Å². The van der Waals surface area contributed by atoms with Crippen molar-refractivity contribution in [1.82, 2.24) is 4.90 Å². The standard InChI is InChI=1S/C13H22N4O2S/c1-3-16(4-2)7-8-20-10-11-9-12(17(18)19)5-6-13(11)15-14/h5-6,9,15H,3-4,7-8,10,14H2,1-2H3. The van der Waals surface area contributed by atoms with Gasteiger partial charge in [0.25, 0.3) is 5.69 Å². The molecule has 0 bridgehead atoms. The van der Waals surface area contributed by atoms with Crippen LogP contribution in [-0.2, 0) is 5.75 Å². The van der Waals surface area contributed by atoms with E-state index < -0.39 is 0 Å². The summed E-state index contributed by atoms with van der Waals surface area (Å²) in [6.45, 7) is 7.40. The van der Waals surface area contributed by atoms with Crippen LogP contribution in [0, 0.1) is 10.1 Å². The number of nitro benzene ring substituents is 1. The van der Waals surface area contributed by atoms with Crippen LogP contribution in [0.2, 0.25) is 0 Å². The molecule has 0 aliphatic carbocycles. The number of hydrogen-bond donors (Lipinski definition) is 2. The normalized spacial score (nSPS) is 10.8. The highest BCUT2D eigenvalue weighted by molar-refractivity contribution is 7.98. The van der Waals surface area contributed by atoms with Gasteiger partial charge in [-0.15, -0.1) is 0 Å². The van der Waals surface area contributed by atoms with Gasteiger partial charge in [0.05, 0.1) is 10.6 Å². The fourth-order valence-electron chi connectivity index (χ4n) is 1.87. The summed E-state index contributed by atoms with van der Waals surface area (Å²) in [6, 6.07) is 4.69. The van der Waals surface area contributed by atoms with Crippen molar-refractivity contribution < 1.29 is 4.92 Å². The molecule has 0 heterocycles. The first-order chi connectivity index (χ1) is 9.62. The second kappa shape index (κ2) is 8.78. The molecule has 0 aliphatic rings. The molecule has 0 amide bonds. The molecule has 1 aromatic carbocycles. The van der Waals surface area contributed by atoms with Crippen molar-refractivity contribution in [2.24, 2.45) is 5.84 Å². The van der Waals surface area contributed by atoms with Gasteiger partial charge >= 0.3 is 0 Å². The topological polar surface area (TPSA) is 84.4 Å². The summed E-state index contributed by atoms with van der Waals surface area (Å²) in [5.74, 6) is 7.14. The Labute approximate surface area is 123 Å². The summed E-state index contributed by atoms with van der Waals surface area (Å²) >= 11 is 1.76. The highest BCUT2D eigenvalue weighted by Gasteiger charge is 2.10. The summed E-state index contributed by atoms with van der Waals surface area (Å²) in [6.07, 6.45) is 0. The number of nitro groups is 1. The number of hydrazine groups is 1. The average molecular weight is 298 g/mol. The van der Waals surface area contributed by atoms with E-state index in [0.29, 0.717) is 5.75 Å². The van der Waals surface area contributed by atoms with Crippen LogP contribution in [0.15, 0.2) is 18.2 Å². The van der Waals surface area contributed by atoms with Crippen molar-refractivity contribution in [3.8, 4) is 0 Å². The maximum atomic E-state index is 10.8. The lowest BCUT2D eigenvalue weighted by Crippen LogP contribution is -2.25. The summed E-state index contributed by atoms with van der Waals surface area (Å²) < 4.78 is 0. The van der Waals surface area contributed by atoms with Crippen molar-refractivity contribution in [2.45, 2.75) is 19.6 Å². The molecule has 6 nitrogen and oxygen atoms in total. The lowest BCUT2D eigenvalue weighted by Gasteiger charge is -2.17. The molecule has 0 radical (unpaired) electrons. The Balaban J connectivity index is 2.57. The molecule has 20 heavy (non-hydrogen) atoms. The van der Waals surface area contributed by atoms with Gasteiger partial charge in [0.15, 0.2) is 0 Å². The van der Waals surface area contributed by atoms with E-state index in [1.54, 1.807) is 23.9 Å². The minimum atomic E-state index is -0.385. The number of benzene rings is 1. The summed E-state index contributed by atoms with van der Waals surface area (Å²) in [4.78, 5) is 12.8. The minimum Gasteiger partial charge on any atom is -0.324 e. The summed E-state index contributed by atoms with van der Waals surface area (Å²) in [7, 11) is 0. The molecule has 0 atom stereocenters. The van der Waals surface area contributed by atoms with Crippen molar-refractivity contribution >= 4 is 23.1 Å². The fraction of sp³-hybridized carbons (Fsp3) is 0.538. The van der Waals surface area contributed by atoms with E-state index in [-0.39, 0.29) is 10.6 Å². The minimum absolute atomic E-state index is 0.100. The zero-order valence-corrected chi connectivity index (χ0v) is 12.8. The SMILES string of the molecule is CCN(CC)CCSCc1cc([N+](=O)[O-])ccc1NN. The van der Waals surface area contributed by atoms with E-state index in [9.17, 15) is 10.1 Å². The zero-order valence-electron chi connectivity index (χ0n) is 12.0. The molecule has 0 spiro atoms. The molecule has 0 saturated heterocycles. The largest absolute Gasteiger partial charge is 0.324 e. The molecule has 0 unspecified atom stereocenters. The lowest BCUT2D eigenvalue weighted by molar-refractivity contribution is -0.384. The second-order valence-electron chi connectivity index (χ2n) is 4.32. The predicted molar refractivity (Wildman–Crippen MR) is 84.9 cm³/mol. The van der Waals surface area contributed by atoms with Gasteiger partial charge in [-0.2, -0.15) is 11.8 Å². The fourth-order valence-corrected chi connectivity index (χ4v) is 2.86. The Kier molecular flexibility index (Phi) is 7.35. The predicted octanol–water partition coefficient (Wildman–Crippen LogP) is 2.46. The Morgan fingerprint density at radius 2 is 2.10 bits per heavy atom. The van der Waals surface area contributed by atoms with Crippen LogP contribution in [0.5, 0.6) is 0 Å². The third-order valence-electron chi connectivity index (χ3n) is 3.16. The van der Waals surface area contributed by atoms with Crippen LogP contribution >= 0.6 is 11.8 Å². The Morgan fingerprint density at radius 3 is 2.65 bits per heavy atom. The molecule has 1 rings (SSSR count). The van der Waals surface area contributed by atoms with Gasteiger partial charge in [0.1, 0.15) is 0 Å². The molecule has 0 aromatic heterocycles. The third-order valence-corrected chi connectivity index (χ3v) is 4.15. The molecule has 7 heteroatoms. The lowest BCUT2D eigenvalue weighted by atomic mass is 10.2. The van der Waals surface area contributed by atoms with Crippen LogP contribution in [0.1, 0.15) is 19.4 Å². The van der Waals surface area contributed by atoms with E-state index in [2.05, 4.69) is 24.2 Å². The first kappa shape index (κ1) is 16.7. The van der Waals surface area contributed by atoms with Crippen molar-refractivity contribution in [2.75, 3.05) is 30.8 Å². The molecular formula is C13H22N4O2S. The van der Waals surface area contributed by atoms with Crippen LogP contribution < -0.4 is 11.3 Å². The quantitative estimate of drug-likeness (QED) is 0.315. The summed E-state index contributed by atoms with van der Waals surface area (Å²) in [5.41, 5.74) is 4.30. The van der Waals surface area contributed by atoms with Crippen molar-refractivity contribution in [3.05, 3.63) is 33.9 Å². The summed E-state index contributed by atoms with van der Waals surface area (Å²) in [5, 5.41) is 10.8. The molecule has 0 fully saturated rings. The molecule has 112 valence electrons.